The molecule has 0 bridgehead atoms. The predicted octanol–water partition coefficient (Wildman–Crippen LogP) is 1.85. The van der Waals surface area contributed by atoms with E-state index in [9.17, 15) is 13.2 Å². The smallest absolute Gasteiger partial charge is 0.318 e. The van der Waals surface area contributed by atoms with Crippen molar-refractivity contribution in [2.45, 2.75) is 31.0 Å². The number of hydrogen-bond donors (Lipinski definition) is 1. The lowest BCUT2D eigenvalue weighted by molar-refractivity contribution is -0.206. The first-order valence-electron chi connectivity index (χ1n) is 2.81. The van der Waals surface area contributed by atoms with Gasteiger partial charge in [-0.2, -0.15) is 13.2 Å². The van der Waals surface area contributed by atoms with Crippen LogP contribution >= 0.6 is 12.4 Å². The van der Waals surface area contributed by atoms with Crippen LogP contribution in [0.1, 0.15) is 19.3 Å². The van der Waals surface area contributed by atoms with Gasteiger partial charge in [0, 0.05) is 0 Å². The minimum absolute atomic E-state index is 0. The Morgan fingerprint density at radius 1 is 1.20 bits per heavy atom. The Labute approximate surface area is 63.2 Å². The average Bonchev–Trinajstić information content (AvgIpc) is 1.57. The van der Waals surface area contributed by atoms with E-state index in [-0.39, 0.29) is 25.2 Å². The zero-order valence-electron chi connectivity index (χ0n) is 5.24. The lowest BCUT2D eigenvalue weighted by Gasteiger charge is -2.39. The molecule has 0 amide bonds. The summed E-state index contributed by atoms with van der Waals surface area (Å²) in [6.45, 7) is 0. The lowest BCUT2D eigenvalue weighted by atomic mass is 9.77. The number of halogens is 4. The van der Waals surface area contributed by atoms with Gasteiger partial charge in [-0.05, 0) is 19.3 Å². The largest absolute Gasteiger partial charge is 0.406 e. The van der Waals surface area contributed by atoms with Crippen LogP contribution in [0, 0.1) is 0 Å². The van der Waals surface area contributed by atoms with Crippen molar-refractivity contribution in [3.63, 3.8) is 0 Å². The normalized spacial score (nSPS) is 22.8. The summed E-state index contributed by atoms with van der Waals surface area (Å²) < 4.78 is 35.3. The van der Waals surface area contributed by atoms with Gasteiger partial charge in [-0.3, -0.25) is 0 Å². The van der Waals surface area contributed by atoms with Gasteiger partial charge in [0.05, 0.1) is 0 Å². The van der Waals surface area contributed by atoms with Crippen LogP contribution in [-0.2, 0) is 0 Å². The van der Waals surface area contributed by atoms with Gasteiger partial charge in [-0.15, -0.1) is 12.4 Å². The second kappa shape index (κ2) is 2.58. The molecule has 0 heterocycles. The molecule has 0 aromatic rings. The molecule has 0 aromatic carbocycles. The highest BCUT2D eigenvalue weighted by Crippen LogP contribution is 2.42. The summed E-state index contributed by atoms with van der Waals surface area (Å²) in [7, 11) is 0. The molecule has 0 unspecified atom stereocenters. The zero-order valence-corrected chi connectivity index (χ0v) is 6.06. The molecule has 1 aliphatic rings. The Balaban J connectivity index is 0.000000810. The molecule has 1 aliphatic carbocycles. The molecule has 0 atom stereocenters. The molecule has 62 valence electrons. The van der Waals surface area contributed by atoms with E-state index in [0.717, 1.165) is 0 Å². The molecule has 1 saturated carbocycles. The SMILES string of the molecule is Cl.NC1(C(F)(F)F)CCC1. The second-order valence-electron chi connectivity index (χ2n) is 2.51. The number of rotatable bonds is 0. The summed E-state index contributed by atoms with van der Waals surface area (Å²) in [5, 5.41) is 0. The van der Waals surface area contributed by atoms with E-state index >= 15 is 0 Å². The molecule has 0 saturated heterocycles. The Bertz CT molecular complexity index is 119. The predicted molar refractivity (Wildman–Crippen MR) is 34.1 cm³/mol. The van der Waals surface area contributed by atoms with E-state index in [4.69, 9.17) is 5.73 Å². The van der Waals surface area contributed by atoms with E-state index in [1.807, 2.05) is 0 Å². The zero-order chi connectivity index (χ0) is 7.12. The highest BCUT2D eigenvalue weighted by Gasteiger charge is 2.55. The third-order valence-electron chi connectivity index (χ3n) is 1.81. The summed E-state index contributed by atoms with van der Waals surface area (Å²) in [6.07, 6.45) is -3.39. The summed E-state index contributed by atoms with van der Waals surface area (Å²) in [6, 6.07) is 0. The van der Waals surface area contributed by atoms with Crippen molar-refractivity contribution in [3.05, 3.63) is 0 Å². The molecule has 5 heteroatoms. The molecular weight excluding hydrogens is 167 g/mol. The van der Waals surface area contributed by atoms with Gasteiger partial charge < -0.3 is 5.73 Å². The summed E-state index contributed by atoms with van der Waals surface area (Å²) >= 11 is 0. The molecule has 0 aromatic heterocycles. The number of hydrogen-bond acceptors (Lipinski definition) is 1. The van der Waals surface area contributed by atoms with E-state index in [0.29, 0.717) is 6.42 Å². The maximum atomic E-state index is 11.8. The van der Waals surface area contributed by atoms with Crippen LogP contribution in [-0.4, -0.2) is 11.7 Å². The Kier molecular flexibility index (Phi) is 2.59. The topological polar surface area (TPSA) is 26.0 Å². The minimum Gasteiger partial charge on any atom is -0.318 e. The molecule has 1 rings (SSSR count). The van der Waals surface area contributed by atoms with E-state index in [1.54, 1.807) is 0 Å². The highest BCUT2D eigenvalue weighted by molar-refractivity contribution is 5.85. The molecule has 0 radical (unpaired) electrons. The van der Waals surface area contributed by atoms with Crippen molar-refractivity contribution in [1.29, 1.82) is 0 Å². The molecular formula is C5H9ClF3N. The van der Waals surface area contributed by atoms with Gasteiger partial charge in [-0.25, -0.2) is 0 Å². The molecule has 1 nitrogen and oxygen atoms in total. The first kappa shape index (κ1) is 10.0. The Hall–Kier alpha value is 0.0400. The highest BCUT2D eigenvalue weighted by atomic mass is 35.5. The van der Waals surface area contributed by atoms with E-state index < -0.39 is 11.7 Å². The van der Waals surface area contributed by atoms with Gasteiger partial charge in [-0.1, -0.05) is 0 Å². The first-order valence-corrected chi connectivity index (χ1v) is 2.81. The lowest BCUT2D eigenvalue weighted by Crippen LogP contribution is -2.58. The van der Waals surface area contributed by atoms with Gasteiger partial charge in [0.25, 0.3) is 0 Å². The van der Waals surface area contributed by atoms with Crippen molar-refractivity contribution < 1.29 is 13.2 Å². The average molecular weight is 176 g/mol. The second-order valence-corrected chi connectivity index (χ2v) is 2.51. The molecule has 10 heavy (non-hydrogen) atoms. The van der Waals surface area contributed by atoms with Crippen LogP contribution in [0.2, 0.25) is 0 Å². The van der Waals surface area contributed by atoms with Gasteiger partial charge in [0.15, 0.2) is 0 Å². The van der Waals surface area contributed by atoms with Crippen molar-refractivity contribution in [2.24, 2.45) is 5.73 Å². The fourth-order valence-electron chi connectivity index (χ4n) is 0.841. The van der Waals surface area contributed by atoms with Gasteiger partial charge in [0.2, 0.25) is 0 Å². The molecule has 2 N–H and O–H groups in total. The summed E-state index contributed by atoms with van der Waals surface area (Å²) in [4.78, 5) is 0. The third-order valence-corrected chi connectivity index (χ3v) is 1.81. The quantitative estimate of drug-likeness (QED) is 0.598. The van der Waals surface area contributed by atoms with E-state index in [2.05, 4.69) is 0 Å². The van der Waals surface area contributed by atoms with Crippen molar-refractivity contribution in [3.8, 4) is 0 Å². The Morgan fingerprint density at radius 3 is 1.60 bits per heavy atom. The molecule has 0 aliphatic heterocycles. The summed E-state index contributed by atoms with van der Waals surface area (Å²) in [5.74, 6) is 0. The minimum atomic E-state index is -4.19. The van der Waals surface area contributed by atoms with E-state index in [1.165, 1.54) is 0 Å². The monoisotopic (exact) mass is 175 g/mol. The number of alkyl halides is 3. The van der Waals surface area contributed by atoms with Crippen molar-refractivity contribution >= 4 is 12.4 Å². The van der Waals surface area contributed by atoms with Crippen LogP contribution in [0.5, 0.6) is 0 Å². The maximum absolute atomic E-state index is 11.8. The molecule has 0 spiro atoms. The van der Waals surface area contributed by atoms with Gasteiger partial charge >= 0.3 is 6.18 Å². The van der Waals surface area contributed by atoms with Crippen molar-refractivity contribution in [1.82, 2.24) is 0 Å². The van der Waals surface area contributed by atoms with Crippen molar-refractivity contribution in [2.75, 3.05) is 0 Å². The van der Waals surface area contributed by atoms with Gasteiger partial charge in [0.1, 0.15) is 5.54 Å². The molecule has 1 fully saturated rings. The fraction of sp³-hybridized carbons (Fsp3) is 1.00. The first-order chi connectivity index (χ1) is 3.96. The van der Waals surface area contributed by atoms with Crippen LogP contribution in [0.15, 0.2) is 0 Å². The van der Waals surface area contributed by atoms with Crippen LogP contribution < -0.4 is 5.73 Å². The number of nitrogens with two attached hydrogens (primary N) is 1. The Morgan fingerprint density at radius 2 is 1.60 bits per heavy atom. The van der Waals surface area contributed by atoms with Crippen LogP contribution in [0.3, 0.4) is 0 Å². The van der Waals surface area contributed by atoms with Crippen LogP contribution in [0.25, 0.3) is 0 Å². The van der Waals surface area contributed by atoms with Crippen LogP contribution in [0.4, 0.5) is 13.2 Å². The standard InChI is InChI=1S/C5H8F3N.ClH/c6-5(7,8)4(9)2-1-3-4;/h1-3,9H2;1H. The maximum Gasteiger partial charge on any atom is 0.406 e. The summed E-state index contributed by atoms with van der Waals surface area (Å²) in [5.41, 5.74) is 3.11. The third kappa shape index (κ3) is 1.37. The fourth-order valence-corrected chi connectivity index (χ4v) is 0.841.